The zero-order chi connectivity index (χ0) is 33.2. The smallest absolute Gasteiger partial charge is 0.238 e. The molecule has 2 saturated heterocycles. The van der Waals surface area contributed by atoms with Crippen molar-refractivity contribution in [3.8, 4) is 11.5 Å². The van der Waals surface area contributed by atoms with Gasteiger partial charge in [-0.3, -0.25) is 14.5 Å². The third kappa shape index (κ3) is 6.48. The molecule has 2 amide bonds. The number of fused-ring (bicyclic) bond motifs is 3. The highest BCUT2D eigenvalue weighted by Gasteiger charge is 2.57. The number of aromatic hydroxyl groups is 1. The molecule has 4 aromatic rings. The Labute approximate surface area is 285 Å². The predicted octanol–water partition coefficient (Wildman–Crippen LogP) is 8.57. The van der Waals surface area contributed by atoms with E-state index in [0.29, 0.717) is 30.3 Å². The van der Waals surface area contributed by atoms with Gasteiger partial charge in [-0.2, -0.15) is 0 Å². The third-order valence-corrected chi connectivity index (χ3v) is 9.87. The summed E-state index contributed by atoms with van der Waals surface area (Å²) < 4.78 is 12.7. The molecule has 0 saturated carbocycles. The number of rotatable bonds is 10. The molecule has 48 heavy (non-hydrogen) atoms. The van der Waals surface area contributed by atoms with Crippen molar-refractivity contribution in [3.05, 3.63) is 130 Å². The van der Waals surface area contributed by atoms with Gasteiger partial charge >= 0.3 is 0 Å². The van der Waals surface area contributed by atoms with Crippen LogP contribution in [0.3, 0.4) is 0 Å². The van der Waals surface area contributed by atoms with Gasteiger partial charge in [-0.1, -0.05) is 59.6 Å². The Bertz CT molecular complexity index is 1870. The summed E-state index contributed by atoms with van der Waals surface area (Å²) in [6.45, 7) is 2.77. The summed E-state index contributed by atoms with van der Waals surface area (Å²) in [6, 6.07) is 31.9. The standard InChI is InChI=1S/C40H37ClN2O5/c1-25(20-26-13-18-31(44)22-35(26)41)12-19-36-37-27(23-47-32-10-6-3-7-11-32)21-33-38(34(37)24-48-36)40(46)43(39(33)45)30-16-14-29(15-17-30)42-28-8-4-2-5-9-28/h2-11,13-18,20,22,33-34,36,38,42,44H,12,19,21,23-24H2,1H3/b25-20+/t33-,34+,36-,38-/m1/s1. The van der Waals surface area contributed by atoms with Crippen LogP contribution in [0.2, 0.25) is 5.02 Å². The fourth-order valence-electron chi connectivity index (χ4n) is 7.26. The first-order valence-corrected chi connectivity index (χ1v) is 16.7. The van der Waals surface area contributed by atoms with Gasteiger partial charge in [-0.25, -0.2) is 0 Å². The normalized spacial score (nSPS) is 22.1. The number of nitrogens with one attached hydrogen (secondary N) is 1. The fourth-order valence-corrected chi connectivity index (χ4v) is 7.49. The van der Waals surface area contributed by atoms with Crippen molar-refractivity contribution in [3.63, 3.8) is 0 Å². The molecular formula is C40H37ClN2O5. The zero-order valence-corrected chi connectivity index (χ0v) is 27.4. The van der Waals surface area contributed by atoms with Gasteiger partial charge in [0, 0.05) is 17.3 Å². The number of carbonyl (C=O) groups excluding carboxylic acids is 2. The molecule has 7 nitrogen and oxygen atoms in total. The monoisotopic (exact) mass is 660 g/mol. The Kier molecular flexibility index (Phi) is 9.06. The summed E-state index contributed by atoms with van der Waals surface area (Å²) in [5.74, 6) is -0.595. The topological polar surface area (TPSA) is 88.1 Å². The average molecular weight is 661 g/mol. The first-order valence-electron chi connectivity index (χ1n) is 16.3. The minimum Gasteiger partial charge on any atom is -0.508 e. The average Bonchev–Trinajstić information content (AvgIpc) is 3.63. The SMILES string of the molecule is C/C(=C\c1ccc(O)cc1Cl)CC[C@H]1OC[C@H]2C1=C(COc1ccccc1)C[C@H]1C(=O)N(c3ccc(Nc4ccccc4)cc3)C(=O)[C@H]12. The Morgan fingerprint density at radius 3 is 2.38 bits per heavy atom. The molecule has 4 atom stereocenters. The Balaban J connectivity index is 1.12. The molecule has 2 heterocycles. The number of benzene rings is 4. The van der Waals surface area contributed by atoms with Crippen molar-refractivity contribution in [1.29, 1.82) is 0 Å². The number of hydrogen-bond donors (Lipinski definition) is 2. The van der Waals surface area contributed by atoms with Gasteiger partial charge in [-0.15, -0.1) is 0 Å². The van der Waals surface area contributed by atoms with Crippen LogP contribution in [0, 0.1) is 17.8 Å². The molecule has 244 valence electrons. The van der Waals surface area contributed by atoms with Crippen LogP contribution < -0.4 is 15.0 Å². The Morgan fingerprint density at radius 2 is 1.65 bits per heavy atom. The van der Waals surface area contributed by atoms with E-state index in [4.69, 9.17) is 21.1 Å². The number of nitrogens with zero attached hydrogens (tertiary/aromatic N) is 1. The number of phenolic OH excluding ortho intramolecular Hbond substituents is 1. The molecule has 8 heteroatoms. The van der Waals surface area contributed by atoms with E-state index in [1.54, 1.807) is 12.1 Å². The van der Waals surface area contributed by atoms with Crippen molar-refractivity contribution in [2.24, 2.45) is 17.8 Å². The van der Waals surface area contributed by atoms with Gasteiger partial charge in [0.1, 0.15) is 18.1 Å². The van der Waals surface area contributed by atoms with E-state index >= 15 is 0 Å². The summed E-state index contributed by atoms with van der Waals surface area (Å²) >= 11 is 6.35. The second-order valence-electron chi connectivity index (χ2n) is 12.7. The summed E-state index contributed by atoms with van der Waals surface area (Å²) in [7, 11) is 0. The van der Waals surface area contributed by atoms with Crippen LogP contribution >= 0.6 is 11.6 Å². The van der Waals surface area contributed by atoms with Crippen LogP contribution in [-0.4, -0.2) is 36.2 Å². The van der Waals surface area contributed by atoms with Crippen molar-refractivity contribution >= 4 is 46.6 Å². The number of allylic oxidation sites excluding steroid dienone is 1. The zero-order valence-electron chi connectivity index (χ0n) is 26.6. The lowest BCUT2D eigenvalue weighted by Gasteiger charge is -2.31. The summed E-state index contributed by atoms with van der Waals surface area (Å²) in [6.07, 6.45) is 3.76. The Morgan fingerprint density at radius 1 is 0.938 bits per heavy atom. The second-order valence-corrected chi connectivity index (χ2v) is 13.1. The van der Waals surface area contributed by atoms with E-state index in [2.05, 4.69) is 12.2 Å². The molecule has 7 rings (SSSR count). The molecular weight excluding hydrogens is 624 g/mol. The van der Waals surface area contributed by atoms with Crippen molar-refractivity contribution < 1.29 is 24.2 Å². The van der Waals surface area contributed by atoms with Crippen molar-refractivity contribution in [2.75, 3.05) is 23.4 Å². The first-order chi connectivity index (χ1) is 23.4. The van der Waals surface area contributed by atoms with E-state index in [-0.39, 0.29) is 29.6 Å². The highest BCUT2D eigenvalue weighted by Crippen LogP contribution is 2.50. The minimum absolute atomic E-state index is 0.128. The van der Waals surface area contributed by atoms with Gasteiger partial charge in [-0.05, 0) is 110 Å². The van der Waals surface area contributed by atoms with E-state index < -0.39 is 11.8 Å². The number of ether oxygens (including phenoxy) is 2. The maximum Gasteiger partial charge on any atom is 0.238 e. The number of anilines is 3. The number of hydrogen-bond acceptors (Lipinski definition) is 6. The molecule has 3 aliphatic rings. The van der Waals surface area contributed by atoms with Crippen LogP contribution in [0.4, 0.5) is 17.1 Å². The van der Waals surface area contributed by atoms with E-state index in [1.165, 1.54) is 11.0 Å². The molecule has 2 aliphatic heterocycles. The van der Waals surface area contributed by atoms with Gasteiger partial charge < -0.3 is 19.9 Å². The third-order valence-electron chi connectivity index (χ3n) is 9.54. The van der Waals surface area contributed by atoms with Crippen LogP contribution in [0.15, 0.2) is 120 Å². The quantitative estimate of drug-likeness (QED) is 0.131. The van der Waals surface area contributed by atoms with Gasteiger partial charge in [0.2, 0.25) is 11.8 Å². The number of para-hydroxylation sites is 2. The molecule has 0 spiro atoms. The maximum atomic E-state index is 14.1. The largest absolute Gasteiger partial charge is 0.508 e. The van der Waals surface area contributed by atoms with Gasteiger partial charge in [0.25, 0.3) is 0 Å². The fraction of sp³-hybridized carbons (Fsp3) is 0.250. The summed E-state index contributed by atoms with van der Waals surface area (Å²) in [5.41, 5.74) is 6.51. The summed E-state index contributed by atoms with van der Waals surface area (Å²) in [5, 5.41) is 13.6. The molecule has 1 aliphatic carbocycles. The van der Waals surface area contributed by atoms with Crippen LogP contribution in [0.25, 0.3) is 6.08 Å². The summed E-state index contributed by atoms with van der Waals surface area (Å²) in [4.78, 5) is 29.5. The molecule has 4 aromatic carbocycles. The lowest BCUT2D eigenvalue weighted by molar-refractivity contribution is -0.122. The van der Waals surface area contributed by atoms with Crippen molar-refractivity contribution in [1.82, 2.24) is 0 Å². The molecule has 2 N–H and O–H groups in total. The molecule has 0 bridgehead atoms. The van der Waals surface area contributed by atoms with Crippen molar-refractivity contribution in [2.45, 2.75) is 32.3 Å². The molecule has 2 fully saturated rings. The number of halogens is 1. The lowest BCUT2D eigenvalue weighted by Crippen LogP contribution is -2.35. The van der Waals surface area contributed by atoms with Crippen LogP contribution in [0.5, 0.6) is 11.5 Å². The maximum absolute atomic E-state index is 14.1. The van der Waals surface area contributed by atoms with E-state index in [0.717, 1.165) is 52.2 Å². The van der Waals surface area contributed by atoms with Crippen LogP contribution in [0.1, 0.15) is 31.7 Å². The number of imide groups is 1. The molecule has 0 radical (unpaired) electrons. The first kappa shape index (κ1) is 31.7. The predicted molar refractivity (Wildman–Crippen MR) is 188 cm³/mol. The molecule has 0 unspecified atom stereocenters. The van der Waals surface area contributed by atoms with Gasteiger partial charge in [0.05, 0.1) is 35.3 Å². The number of amides is 2. The Hall–Kier alpha value is -4.85. The molecule has 0 aromatic heterocycles. The van der Waals surface area contributed by atoms with E-state index in [9.17, 15) is 14.7 Å². The highest BCUT2D eigenvalue weighted by molar-refractivity contribution is 6.32. The number of phenols is 1. The number of carbonyl (C=O) groups is 2. The lowest BCUT2D eigenvalue weighted by atomic mass is 9.69. The minimum atomic E-state index is -0.479. The second kappa shape index (κ2) is 13.7. The van der Waals surface area contributed by atoms with Gasteiger partial charge in [0.15, 0.2) is 0 Å². The van der Waals surface area contributed by atoms with E-state index in [1.807, 2.05) is 91.0 Å². The van der Waals surface area contributed by atoms with Crippen LogP contribution in [-0.2, 0) is 14.3 Å². The highest BCUT2D eigenvalue weighted by atomic mass is 35.5.